The van der Waals surface area contributed by atoms with E-state index in [0.717, 1.165) is 41.8 Å². The standard InChI is InChI=1S/C24H35BrN4O3/c1-5-31-20-14-18(16-27-17-20)21(15-23(30)32-24(2,3)4)28-13-12-26-11-7-9-19-8-6-10-22(25)29-19/h6,8,10,14,16-17,21,26,28H,5,7,9,11-13,15H2,1-4H3. The van der Waals surface area contributed by atoms with Crippen LogP contribution in [0.25, 0.3) is 0 Å². The molecule has 0 aromatic carbocycles. The van der Waals surface area contributed by atoms with Crippen molar-refractivity contribution in [1.82, 2.24) is 20.6 Å². The third-order valence-corrected chi connectivity index (χ3v) is 4.93. The zero-order valence-electron chi connectivity index (χ0n) is 19.5. The SMILES string of the molecule is CCOc1cncc(C(CC(=O)OC(C)(C)C)NCCNCCCc2cccc(Br)n2)c1. The lowest BCUT2D eigenvalue weighted by atomic mass is 10.1. The van der Waals surface area contributed by atoms with Crippen molar-refractivity contribution >= 4 is 21.9 Å². The zero-order chi connectivity index (χ0) is 23.4. The molecule has 0 fully saturated rings. The summed E-state index contributed by atoms with van der Waals surface area (Å²) in [5.41, 5.74) is 1.47. The van der Waals surface area contributed by atoms with Crippen LogP contribution in [0.1, 0.15) is 57.8 Å². The van der Waals surface area contributed by atoms with Gasteiger partial charge in [-0.25, -0.2) is 4.98 Å². The summed E-state index contributed by atoms with van der Waals surface area (Å²) < 4.78 is 12.0. The highest BCUT2D eigenvalue weighted by Gasteiger charge is 2.22. The highest BCUT2D eigenvalue weighted by Crippen LogP contribution is 2.22. The van der Waals surface area contributed by atoms with Crippen LogP contribution in [-0.2, 0) is 16.0 Å². The molecule has 0 aliphatic carbocycles. The van der Waals surface area contributed by atoms with Crippen LogP contribution in [0, 0.1) is 0 Å². The van der Waals surface area contributed by atoms with Crippen LogP contribution in [-0.4, -0.2) is 47.8 Å². The van der Waals surface area contributed by atoms with Gasteiger partial charge in [0.05, 0.1) is 19.2 Å². The Morgan fingerprint density at radius 3 is 2.72 bits per heavy atom. The first-order valence-electron chi connectivity index (χ1n) is 11.1. The number of carbonyl (C=O) groups is 1. The number of esters is 1. The van der Waals surface area contributed by atoms with Crippen molar-refractivity contribution in [3.63, 3.8) is 0 Å². The lowest BCUT2D eigenvalue weighted by molar-refractivity contribution is -0.155. The van der Waals surface area contributed by atoms with Crippen molar-refractivity contribution in [2.45, 2.75) is 58.6 Å². The second-order valence-corrected chi connectivity index (χ2v) is 9.30. The van der Waals surface area contributed by atoms with Crippen LogP contribution in [0.5, 0.6) is 5.75 Å². The minimum atomic E-state index is -0.516. The van der Waals surface area contributed by atoms with Gasteiger partial charge in [-0.3, -0.25) is 9.78 Å². The van der Waals surface area contributed by atoms with Gasteiger partial charge in [-0.15, -0.1) is 0 Å². The summed E-state index contributed by atoms with van der Waals surface area (Å²) in [5.74, 6) is 0.451. The number of aromatic nitrogens is 2. The summed E-state index contributed by atoms with van der Waals surface area (Å²) in [5, 5.41) is 6.90. The van der Waals surface area contributed by atoms with E-state index in [4.69, 9.17) is 9.47 Å². The number of aryl methyl sites for hydroxylation is 1. The number of hydrogen-bond donors (Lipinski definition) is 2. The number of nitrogens with one attached hydrogen (secondary N) is 2. The molecule has 0 amide bonds. The van der Waals surface area contributed by atoms with Gasteiger partial charge in [0, 0.05) is 31.0 Å². The molecule has 8 heteroatoms. The average molecular weight is 507 g/mol. The van der Waals surface area contributed by atoms with E-state index in [-0.39, 0.29) is 18.4 Å². The molecule has 2 heterocycles. The van der Waals surface area contributed by atoms with E-state index < -0.39 is 5.60 Å². The molecule has 0 saturated carbocycles. The summed E-state index contributed by atoms with van der Waals surface area (Å²) in [7, 11) is 0. The molecule has 0 aliphatic rings. The fourth-order valence-corrected chi connectivity index (χ4v) is 3.55. The summed E-state index contributed by atoms with van der Waals surface area (Å²) in [6.07, 6.45) is 5.60. The Bertz CT molecular complexity index is 842. The molecule has 1 atom stereocenters. The van der Waals surface area contributed by atoms with Gasteiger partial charge >= 0.3 is 5.97 Å². The van der Waals surface area contributed by atoms with Crippen molar-refractivity contribution in [1.29, 1.82) is 0 Å². The molecule has 2 rings (SSSR count). The Kier molecular flexibility index (Phi) is 11.1. The van der Waals surface area contributed by atoms with Gasteiger partial charge < -0.3 is 20.1 Å². The Morgan fingerprint density at radius 2 is 2.00 bits per heavy atom. The van der Waals surface area contributed by atoms with E-state index in [1.165, 1.54) is 0 Å². The van der Waals surface area contributed by atoms with E-state index in [1.807, 2.05) is 52.0 Å². The second kappa shape index (κ2) is 13.5. The molecule has 1 unspecified atom stereocenters. The number of carbonyl (C=O) groups excluding carboxylic acids is 1. The van der Waals surface area contributed by atoms with Crippen molar-refractivity contribution in [2.24, 2.45) is 0 Å². The minimum absolute atomic E-state index is 0.203. The molecule has 176 valence electrons. The first-order valence-corrected chi connectivity index (χ1v) is 11.9. The first-order chi connectivity index (χ1) is 15.3. The molecule has 2 aromatic heterocycles. The number of hydrogen-bond acceptors (Lipinski definition) is 7. The molecular weight excluding hydrogens is 472 g/mol. The van der Waals surface area contributed by atoms with E-state index in [0.29, 0.717) is 18.9 Å². The van der Waals surface area contributed by atoms with E-state index >= 15 is 0 Å². The maximum absolute atomic E-state index is 12.4. The summed E-state index contributed by atoms with van der Waals surface area (Å²) in [6.45, 7) is 10.5. The van der Waals surface area contributed by atoms with Crippen molar-refractivity contribution in [3.8, 4) is 5.75 Å². The summed E-state index contributed by atoms with van der Waals surface area (Å²) in [4.78, 5) is 21.2. The second-order valence-electron chi connectivity index (χ2n) is 8.49. The number of pyridine rings is 2. The van der Waals surface area contributed by atoms with Crippen LogP contribution in [0.4, 0.5) is 0 Å². The Balaban J connectivity index is 1.83. The molecule has 0 spiro atoms. The van der Waals surface area contributed by atoms with E-state index in [1.54, 1.807) is 12.4 Å². The number of halogens is 1. The molecular formula is C24H35BrN4O3. The predicted octanol–water partition coefficient (Wildman–Crippen LogP) is 4.22. The molecule has 0 radical (unpaired) electrons. The monoisotopic (exact) mass is 506 g/mol. The fourth-order valence-electron chi connectivity index (χ4n) is 3.17. The number of nitrogens with zero attached hydrogens (tertiary/aromatic N) is 2. The molecule has 0 aliphatic heterocycles. The topological polar surface area (TPSA) is 85.4 Å². The van der Waals surface area contributed by atoms with Gasteiger partial charge in [-0.1, -0.05) is 6.07 Å². The number of rotatable bonds is 13. The fraction of sp³-hybridized carbons (Fsp3) is 0.542. The van der Waals surface area contributed by atoms with Crippen molar-refractivity contribution in [2.75, 3.05) is 26.2 Å². The molecule has 0 saturated heterocycles. The van der Waals surface area contributed by atoms with Gasteiger partial charge in [-0.05, 0) is 86.8 Å². The molecule has 0 bridgehead atoms. The normalized spacial score (nSPS) is 12.4. The van der Waals surface area contributed by atoms with Crippen molar-refractivity contribution < 1.29 is 14.3 Å². The van der Waals surface area contributed by atoms with Gasteiger partial charge in [-0.2, -0.15) is 0 Å². The average Bonchev–Trinajstić information content (AvgIpc) is 2.71. The quantitative estimate of drug-likeness (QED) is 0.239. The Hall–Kier alpha value is -2.03. The maximum atomic E-state index is 12.4. The predicted molar refractivity (Wildman–Crippen MR) is 130 cm³/mol. The lowest BCUT2D eigenvalue weighted by Crippen LogP contribution is -2.33. The van der Waals surface area contributed by atoms with Crippen LogP contribution in [0.15, 0.2) is 41.3 Å². The zero-order valence-corrected chi connectivity index (χ0v) is 21.1. The van der Waals surface area contributed by atoms with Gasteiger partial charge in [0.1, 0.15) is 16.0 Å². The highest BCUT2D eigenvalue weighted by atomic mass is 79.9. The Labute approximate surface area is 199 Å². The van der Waals surface area contributed by atoms with Crippen LogP contribution >= 0.6 is 15.9 Å². The Morgan fingerprint density at radius 1 is 1.19 bits per heavy atom. The summed E-state index contributed by atoms with van der Waals surface area (Å²) in [6, 6.07) is 7.70. The molecule has 7 nitrogen and oxygen atoms in total. The van der Waals surface area contributed by atoms with Crippen LogP contribution in [0.2, 0.25) is 0 Å². The van der Waals surface area contributed by atoms with Gasteiger partial charge in [0.15, 0.2) is 0 Å². The number of ether oxygens (including phenoxy) is 2. The smallest absolute Gasteiger partial charge is 0.308 e. The first kappa shape index (κ1) is 26.2. The molecule has 32 heavy (non-hydrogen) atoms. The van der Waals surface area contributed by atoms with Crippen LogP contribution in [0.3, 0.4) is 0 Å². The van der Waals surface area contributed by atoms with Gasteiger partial charge in [0.25, 0.3) is 0 Å². The highest BCUT2D eigenvalue weighted by molar-refractivity contribution is 9.10. The van der Waals surface area contributed by atoms with E-state index in [9.17, 15) is 4.79 Å². The maximum Gasteiger partial charge on any atom is 0.308 e. The molecule has 2 N–H and O–H groups in total. The van der Waals surface area contributed by atoms with E-state index in [2.05, 4.69) is 36.5 Å². The van der Waals surface area contributed by atoms with Crippen LogP contribution < -0.4 is 15.4 Å². The van der Waals surface area contributed by atoms with Crippen molar-refractivity contribution in [3.05, 3.63) is 52.5 Å². The van der Waals surface area contributed by atoms with Gasteiger partial charge in [0.2, 0.25) is 0 Å². The minimum Gasteiger partial charge on any atom is -0.492 e. The largest absolute Gasteiger partial charge is 0.492 e. The third kappa shape index (κ3) is 10.5. The lowest BCUT2D eigenvalue weighted by Gasteiger charge is -2.23. The third-order valence-electron chi connectivity index (χ3n) is 4.49. The molecule has 2 aromatic rings. The summed E-state index contributed by atoms with van der Waals surface area (Å²) >= 11 is 3.40.